The Labute approximate surface area is 84.8 Å². The van der Waals surface area contributed by atoms with Gasteiger partial charge in [-0.15, -0.1) is 0 Å². The molecule has 0 N–H and O–H groups in total. The molecule has 0 fully saturated rings. The maximum Gasteiger partial charge on any atom is 0.426 e. The summed E-state index contributed by atoms with van der Waals surface area (Å²) in [6.07, 6.45) is 1.63. The van der Waals surface area contributed by atoms with Gasteiger partial charge in [-0.1, -0.05) is 28.6 Å². The van der Waals surface area contributed by atoms with E-state index in [-0.39, 0.29) is 0 Å². The summed E-state index contributed by atoms with van der Waals surface area (Å²) in [7, 11) is 0. The van der Waals surface area contributed by atoms with Gasteiger partial charge in [0.15, 0.2) is 4.98 Å². The molecule has 0 aromatic heterocycles. The molecule has 0 aliphatic heterocycles. The average Bonchev–Trinajstić information content (AvgIpc) is 2.15. The molecule has 0 aliphatic rings. The van der Waals surface area contributed by atoms with Gasteiger partial charge in [-0.2, -0.15) is 0 Å². The monoisotopic (exact) mass is 239 g/mol. The molecule has 0 atom stereocenters. The van der Waals surface area contributed by atoms with E-state index in [0.29, 0.717) is 18.0 Å². The number of halogens is 1. The quantitative estimate of drug-likeness (QED) is 0.598. The fourth-order valence-corrected chi connectivity index (χ4v) is 1.17. The first kappa shape index (κ1) is 9.75. The Kier molecular flexibility index (Phi) is 3.47. The second kappa shape index (κ2) is 4.63. The summed E-state index contributed by atoms with van der Waals surface area (Å²) in [5, 5.41) is 8.61. The van der Waals surface area contributed by atoms with Crippen molar-refractivity contribution in [3.8, 4) is 5.75 Å². The fraction of sp³-hybridized carbons (Fsp3) is 0.111. The van der Waals surface area contributed by atoms with Crippen LogP contribution in [0, 0.1) is 5.39 Å². The minimum absolute atomic E-state index is 0.388. The van der Waals surface area contributed by atoms with Crippen molar-refractivity contribution >= 4 is 21.6 Å². The van der Waals surface area contributed by atoms with E-state index in [2.05, 4.69) is 27.5 Å². The number of hydrogen-bond donors (Lipinski definition) is 0. The van der Waals surface area contributed by atoms with E-state index < -0.39 is 0 Å². The second-order valence-electron chi connectivity index (χ2n) is 2.31. The highest BCUT2D eigenvalue weighted by Gasteiger charge is 2.14. The van der Waals surface area contributed by atoms with Crippen LogP contribution in [0.3, 0.4) is 0 Å². The van der Waals surface area contributed by atoms with Gasteiger partial charge in [-0.3, -0.25) is 0 Å². The van der Waals surface area contributed by atoms with Crippen LogP contribution in [0.15, 0.2) is 35.3 Å². The highest BCUT2D eigenvalue weighted by atomic mass is 79.9. The van der Waals surface area contributed by atoms with Gasteiger partial charge in [0.2, 0.25) is 11.1 Å². The molecular formula is C9H8BrN2O+. The van der Waals surface area contributed by atoms with Crippen LogP contribution in [0.25, 0.3) is 4.98 Å². The van der Waals surface area contributed by atoms with Gasteiger partial charge < -0.3 is 4.74 Å². The zero-order valence-corrected chi connectivity index (χ0v) is 8.49. The Bertz CT molecular complexity index is 357. The lowest BCUT2D eigenvalue weighted by Gasteiger charge is -1.99. The van der Waals surface area contributed by atoms with E-state index in [1.165, 1.54) is 0 Å². The number of hydrogen-bond acceptors (Lipinski definition) is 2. The van der Waals surface area contributed by atoms with Gasteiger partial charge in [-0.25, -0.2) is 0 Å². The summed E-state index contributed by atoms with van der Waals surface area (Å²) in [4.78, 5) is 3.08. The summed E-state index contributed by atoms with van der Waals surface area (Å²) >= 11 is 3.29. The third kappa shape index (κ3) is 2.56. The Morgan fingerprint density at radius 1 is 1.62 bits per heavy atom. The van der Waals surface area contributed by atoms with Gasteiger partial charge in [-0.05, 0) is 6.07 Å². The molecule has 1 aromatic carbocycles. The van der Waals surface area contributed by atoms with Gasteiger partial charge >= 0.3 is 5.69 Å². The van der Waals surface area contributed by atoms with Crippen molar-refractivity contribution in [2.45, 2.75) is 0 Å². The zero-order valence-electron chi connectivity index (χ0n) is 6.90. The molecule has 66 valence electrons. The minimum atomic E-state index is 0.388. The molecule has 0 heterocycles. The molecule has 1 aromatic rings. The SMILES string of the molecule is C=CCOc1cc(Br)ccc1[N+]#N. The Balaban J connectivity index is 2.95. The minimum Gasteiger partial charge on any atom is -0.482 e. The molecule has 0 spiro atoms. The Hall–Kier alpha value is -1.34. The van der Waals surface area contributed by atoms with Crippen LogP contribution in [-0.4, -0.2) is 6.61 Å². The predicted octanol–water partition coefficient (Wildman–Crippen LogP) is 3.50. The maximum absolute atomic E-state index is 8.61. The molecule has 0 amide bonds. The van der Waals surface area contributed by atoms with Gasteiger partial charge in [0.05, 0.1) is 0 Å². The maximum atomic E-state index is 8.61. The molecule has 4 heteroatoms. The summed E-state index contributed by atoms with van der Waals surface area (Å²) in [5.41, 5.74) is 0.407. The first-order valence-electron chi connectivity index (χ1n) is 3.66. The summed E-state index contributed by atoms with van der Waals surface area (Å²) in [6.45, 7) is 3.91. The van der Waals surface area contributed by atoms with Crippen molar-refractivity contribution in [1.29, 1.82) is 5.39 Å². The lowest BCUT2D eigenvalue weighted by Crippen LogP contribution is -1.92. The van der Waals surface area contributed by atoms with Crippen molar-refractivity contribution in [3.63, 3.8) is 0 Å². The van der Waals surface area contributed by atoms with E-state index in [4.69, 9.17) is 10.1 Å². The molecule has 0 radical (unpaired) electrons. The van der Waals surface area contributed by atoms with Crippen molar-refractivity contribution in [3.05, 3.63) is 40.3 Å². The van der Waals surface area contributed by atoms with Crippen LogP contribution >= 0.6 is 15.9 Å². The highest BCUT2D eigenvalue weighted by Crippen LogP contribution is 2.30. The number of benzene rings is 1. The summed E-state index contributed by atoms with van der Waals surface area (Å²) < 4.78 is 6.13. The third-order valence-corrected chi connectivity index (χ3v) is 1.88. The van der Waals surface area contributed by atoms with Gasteiger partial charge in [0, 0.05) is 16.6 Å². The van der Waals surface area contributed by atoms with Crippen LogP contribution < -0.4 is 4.74 Å². The molecule has 0 unspecified atom stereocenters. The summed E-state index contributed by atoms with van der Waals surface area (Å²) in [5.74, 6) is 0.525. The lowest BCUT2D eigenvalue weighted by molar-refractivity contribution is 0.365. The average molecular weight is 240 g/mol. The van der Waals surface area contributed by atoms with Crippen molar-refractivity contribution in [2.75, 3.05) is 6.61 Å². The van der Waals surface area contributed by atoms with Crippen LogP contribution in [0.2, 0.25) is 0 Å². The third-order valence-electron chi connectivity index (χ3n) is 1.39. The number of nitrogens with zero attached hydrogens (tertiary/aromatic N) is 2. The van der Waals surface area contributed by atoms with E-state index in [9.17, 15) is 0 Å². The Morgan fingerprint density at radius 3 is 3.00 bits per heavy atom. The van der Waals surface area contributed by atoms with Crippen LogP contribution in [0.1, 0.15) is 0 Å². The second-order valence-corrected chi connectivity index (χ2v) is 3.23. The highest BCUT2D eigenvalue weighted by molar-refractivity contribution is 9.10. The van der Waals surface area contributed by atoms with Gasteiger partial charge in [0.25, 0.3) is 0 Å². The van der Waals surface area contributed by atoms with Crippen LogP contribution in [0.4, 0.5) is 5.69 Å². The molecule has 1 rings (SSSR count). The zero-order chi connectivity index (χ0) is 9.68. The number of diazo groups is 1. The van der Waals surface area contributed by atoms with Crippen molar-refractivity contribution in [1.82, 2.24) is 0 Å². The molecule has 0 saturated heterocycles. The van der Waals surface area contributed by atoms with E-state index in [1.54, 1.807) is 24.3 Å². The standard InChI is InChI=1S/C9H8BrN2O/c1-2-5-13-9-6-7(10)3-4-8(9)12-11/h2-4,6H,1,5H2/q+1. The van der Waals surface area contributed by atoms with E-state index >= 15 is 0 Å². The first-order chi connectivity index (χ1) is 6.27. The molecule has 13 heavy (non-hydrogen) atoms. The number of rotatable bonds is 3. The normalized spacial score (nSPS) is 8.92. The lowest BCUT2D eigenvalue weighted by atomic mass is 10.3. The van der Waals surface area contributed by atoms with Crippen LogP contribution in [-0.2, 0) is 0 Å². The fourth-order valence-electron chi connectivity index (χ4n) is 0.835. The van der Waals surface area contributed by atoms with E-state index in [0.717, 1.165) is 4.47 Å². The molecule has 0 bridgehead atoms. The molecular weight excluding hydrogens is 232 g/mol. The van der Waals surface area contributed by atoms with Crippen molar-refractivity contribution in [2.24, 2.45) is 0 Å². The van der Waals surface area contributed by atoms with Gasteiger partial charge in [0.1, 0.15) is 6.61 Å². The predicted molar refractivity (Wildman–Crippen MR) is 54.6 cm³/mol. The first-order valence-corrected chi connectivity index (χ1v) is 4.45. The summed E-state index contributed by atoms with van der Waals surface area (Å²) in [6, 6.07) is 5.16. The molecule has 0 saturated carbocycles. The topological polar surface area (TPSA) is 37.4 Å². The smallest absolute Gasteiger partial charge is 0.426 e. The number of ether oxygens (including phenoxy) is 1. The van der Waals surface area contributed by atoms with Crippen LogP contribution in [0.5, 0.6) is 5.75 Å². The largest absolute Gasteiger partial charge is 0.482 e. The molecule has 0 aliphatic carbocycles. The van der Waals surface area contributed by atoms with E-state index in [1.807, 2.05) is 0 Å². The van der Waals surface area contributed by atoms with Crippen molar-refractivity contribution < 1.29 is 4.74 Å². The Morgan fingerprint density at radius 2 is 2.38 bits per heavy atom. The molecule has 3 nitrogen and oxygen atoms in total.